The number of nitrogen functional groups attached to an aromatic ring is 1. The zero-order chi connectivity index (χ0) is 19.8. The lowest BCUT2D eigenvalue weighted by atomic mass is 10.2. The van der Waals surface area contributed by atoms with Gasteiger partial charge in [-0.15, -0.1) is 0 Å². The van der Waals surface area contributed by atoms with Crippen LogP contribution >= 0.6 is 0 Å². The molecule has 29 heavy (non-hydrogen) atoms. The van der Waals surface area contributed by atoms with Crippen LogP contribution in [0.1, 0.15) is 29.4 Å². The van der Waals surface area contributed by atoms with Gasteiger partial charge in [0.05, 0.1) is 18.5 Å². The molecular formula is C19H20N6O4. The molecule has 1 aliphatic heterocycles. The van der Waals surface area contributed by atoms with Gasteiger partial charge in [-0.3, -0.25) is 4.57 Å². The van der Waals surface area contributed by atoms with Crippen LogP contribution in [-0.2, 0) is 14.2 Å². The first-order valence-electron chi connectivity index (χ1n) is 9.43. The van der Waals surface area contributed by atoms with Crippen molar-refractivity contribution in [3.05, 3.63) is 42.2 Å². The highest BCUT2D eigenvalue weighted by Gasteiger charge is 2.31. The number of nitrogens with zero attached hydrogens (tertiary/aromatic N) is 4. The maximum absolute atomic E-state index is 12.1. The van der Waals surface area contributed by atoms with Crippen molar-refractivity contribution in [3.63, 3.8) is 0 Å². The van der Waals surface area contributed by atoms with E-state index in [0.29, 0.717) is 28.6 Å². The van der Waals surface area contributed by atoms with E-state index in [1.54, 1.807) is 35.2 Å². The summed E-state index contributed by atoms with van der Waals surface area (Å²) in [4.78, 5) is 25.1. The number of hydrogen-bond donors (Lipinski definition) is 2. The SMILES string of the molecule is Nc1nc(NC2CC2)c2ncn([C@H]3CO[C@@H](COC(=O)c4ccccc4)O3)c2n1. The Morgan fingerprint density at radius 2 is 2.10 bits per heavy atom. The minimum absolute atomic E-state index is 0.0114. The Morgan fingerprint density at radius 3 is 2.90 bits per heavy atom. The summed E-state index contributed by atoms with van der Waals surface area (Å²) in [7, 11) is 0. The molecule has 10 nitrogen and oxygen atoms in total. The molecule has 1 saturated carbocycles. The molecular weight excluding hydrogens is 376 g/mol. The highest BCUT2D eigenvalue weighted by molar-refractivity contribution is 5.89. The molecule has 0 radical (unpaired) electrons. The van der Waals surface area contributed by atoms with Gasteiger partial charge in [-0.05, 0) is 25.0 Å². The van der Waals surface area contributed by atoms with E-state index in [1.165, 1.54) is 0 Å². The zero-order valence-electron chi connectivity index (χ0n) is 15.5. The maximum Gasteiger partial charge on any atom is 0.338 e. The predicted octanol–water partition coefficient (Wildman–Crippen LogP) is 1.71. The summed E-state index contributed by atoms with van der Waals surface area (Å²) < 4.78 is 18.5. The summed E-state index contributed by atoms with van der Waals surface area (Å²) in [6.45, 7) is 0.261. The van der Waals surface area contributed by atoms with Crippen LogP contribution < -0.4 is 11.1 Å². The molecule has 2 aliphatic rings. The van der Waals surface area contributed by atoms with Crippen molar-refractivity contribution in [1.29, 1.82) is 0 Å². The molecule has 3 N–H and O–H groups in total. The van der Waals surface area contributed by atoms with Gasteiger partial charge in [0.25, 0.3) is 0 Å². The number of aromatic nitrogens is 4. The van der Waals surface area contributed by atoms with Crippen molar-refractivity contribution in [1.82, 2.24) is 19.5 Å². The molecule has 0 unspecified atom stereocenters. The quantitative estimate of drug-likeness (QED) is 0.599. The van der Waals surface area contributed by atoms with E-state index < -0.39 is 18.5 Å². The summed E-state index contributed by atoms with van der Waals surface area (Å²) in [5.74, 6) is 0.362. The minimum Gasteiger partial charge on any atom is -0.457 e. The Hall–Kier alpha value is -3.24. The van der Waals surface area contributed by atoms with E-state index in [0.717, 1.165) is 12.8 Å². The lowest BCUT2D eigenvalue weighted by molar-refractivity contribution is -0.102. The van der Waals surface area contributed by atoms with Gasteiger partial charge in [0.1, 0.15) is 6.61 Å². The maximum atomic E-state index is 12.1. The van der Waals surface area contributed by atoms with Gasteiger partial charge < -0.3 is 25.3 Å². The fourth-order valence-corrected chi connectivity index (χ4v) is 3.14. The third-order valence-corrected chi connectivity index (χ3v) is 4.76. The molecule has 0 spiro atoms. The summed E-state index contributed by atoms with van der Waals surface area (Å²) in [6, 6.07) is 9.18. The van der Waals surface area contributed by atoms with Crippen molar-refractivity contribution in [2.24, 2.45) is 0 Å². The first kappa shape index (κ1) is 17.8. The van der Waals surface area contributed by atoms with Crippen LogP contribution in [-0.4, -0.2) is 51.0 Å². The number of carbonyl (C=O) groups excluding carboxylic acids is 1. The van der Waals surface area contributed by atoms with Gasteiger partial charge in [-0.2, -0.15) is 9.97 Å². The number of ether oxygens (including phenoxy) is 3. The molecule has 2 atom stereocenters. The van der Waals surface area contributed by atoms with Crippen LogP contribution in [0.4, 0.5) is 11.8 Å². The van der Waals surface area contributed by atoms with Gasteiger partial charge in [0, 0.05) is 6.04 Å². The number of esters is 1. The van der Waals surface area contributed by atoms with Crippen molar-refractivity contribution in [2.45, 2.75) is 31.4 Å². The smallest absolute Gasteiger partial charge is 0.338 e. The normalized spacial score (nSPS) is 21.4. The number of imidazole rings is 1. The van der Waals surface area contributed by atoms with E-state index in [-0.39, 0.29) is 19.2 Å². The van der Waals surface area contributed by atoms with Gasteiger partial charge in [-0.1, -0.05) is 18.2 Å². The van der Waals surface area contributed by atoms with Crippen LogP contribution in [0.15, 0.2) is 36.7 Å². The first-order chi connectivity index (χ1) is 14.2. The van der Waals surface area contributed by atoms with E-state index in [1.807, 2.05) is 6.07 Å². The summed E-state index contributed by atoms with van der Waals surface area (Å²) >= 11 is 0. The highest BCUT2D eigenvalue weighted by atomic mass is 16.7. The molecule has 3 aromatic rings. The molecule has 0 amide bonds. The number of fused-ring (bicyclic) bond motifs is 1. The predicted molar refractivity (Wildman–Crippen MR) is 103 cm³/mol. The third kappa shape index (κ3) is 3.71. The number of nitrogens with two attached hydrogens (primary N) is 1. The highest BCUT2D eigenvalue weighted by Crippen LogP contribution is 2.30. The first-order valence-corrected chi connectivity index (χ1v) is 9.43. The molecule has 1 saturated heterocycles. The van der Waals surface area contributed by atoms with Crippen LogP contribution in [0.5, 0.6) is 0 Å². The topological polar surface area (TPSA) is 126 Å². The van der Waals surface area contributed by atoms with Crippen molar-refractivity contribution in [3.8, 4) is 0 Å². The second kappa shape index (κ2) is 7.30. The minimum atomic E-state index is -0.673. The largest absolute Gasteiger partial charge is 0.457 e. The van der Waals surface area contributed by atoms with Crippen molar-refractivity contribution < 1.29 is 19.0 Å². The molecule has 2 fully saturated rings. The Balaban J connectivity index is 1.27. The Bertz CT molecular complexity index is 1040. The van der Waals surface area contributed by atoms with Crippen LogP contribution in [0, 0.1) is 0 Å². The zero-order valence-corrected chi connectivity index (χ0v) is 15.5. The van der Waals surface area contributed by atoms with E-state index >= 15 is 0 Å². The second-order valence-electron chi connectivity index (χ2n) is 6.99. The molecule has 1 aromatic carbocycles. The second-order valence-corrected chi connectivity index (χ2v) is 6.99. The van der Waals surface area contributed by atoms with E-state index in [9.17, 15) is 4.79 Å². The molecule has 1 aliphatic carbocycles. The van der Waals surface area contributed by atoms with Gasteiger partial charge in [0.15, 0.2) is 29.5 Å². The van der Waals surface area contributed by atoms with Gasteiger partial charge in [0.2, 0.25) is 5.95 Å². The lowest BCUT2D eigenvalue weighted by Gasteiger charge is -2.13. The number of anilines is 2. The molecule has 3 heterocycles. The number of benzene rings is 1. The standard InChI is InChI=1S/C19H20N6O4/c20-19-23-16(22-12-6-7-12)15-17(24-19)25(10-21-15)13-8-27-14(29-13)9-28-18(26)11-4-2-1-3-5-11/h1-5,10,12-14H,6-9H2,(H3,20,22,23,24)/t13-,14-/m1/s1. The lowest BCUT2D eigenvalue weighted by Crippen LogP contribution is -2.20. The molecule has 150 valence electrons. The van der Waals surface area contributed by atoms with Crippen molar-refractivity contribution in [2.75, 3.05) is 24.3 Å². The van der Waals surface area contributed by atoms with Crippen molar-refractivity contribution >= 4 is 28.9 Å². The fourth-order valence-electron chi connectivity index (χ4n) is 3.14. The summed E-state index contributed by atoms with van der Waals surface area (Å²) in [5.41, 5.74) is 7.55. The van der Waals surface area contributed by atoms with E-state index in [2.05, 4.69) is 20.3 Å². The summed E-state index contributed by atoms with van der Waals surface area (Å²) in [6.07, 6.45) is 2.71. The van der Waals surface area contributed by atoms with Gasteiger partial charge >= 0.3 is 5.97 Å². The number of carbonyl (C=O) groups is 1. The number of hydrogen-bond acceptors (Lipinski definition) is 9. The Morgan fingerprint density at radius 1 is 1.28 bits per heavy atom. The Labute approximate surface area is 166 Å². The van der Waals surface area contributed by atoms with Gasteiger partial charge in [-0.25, -0.2) is 9.78 Å². The monoisotopic (exact) mass is 396 g/mol. The average Bonchev–Trinajstić information content (AvgIpc) is 3.25. The molecule has 2 aromatic heterocycles. The molecule has 10 heteroatoms. The molecule has 5 rings (SSSR count). The third-order valence-electron chi connectivity index (χ3n) is 4.76. The fraction of sp³-hybridized carbons (Fsp3) is 0.368. The Kier molecular flexibility index (Phi) is 4.49. The average molecular weight is 396 g/mol. The summed E-state index contributed by atoms with van der Waals surface area (Å²) in [5, 5.41) is 3.32. The number of nitrogens with one attached hydrogen (secondary N) is 1. The van der Waals surface area contributed by atoms with E-state index in [4.69, 9.17) is 19.9 Å². The van der Waals surface area contributed by atoms with Crippen LogP contribution in [0.2, 0.25) is 0 Å². The van der Waals surface area contributed by atoms with Crippen LogP contribution in [0.25, 0.3) is 11.2 Å². The number of rotatable bonds is 6. The van der Waals surface area contributed by atoms with Crippen LogP contribution in [0.3, 0.4) is 0 Å². The molecule has 0 bridgehead atoms.